The van der Waals surface area contributed by atoms with Crippen molar-refractivity contribution >= 4 is 5.91 Å². The number of piperidine rings is 1. The summed E-state index contributed by atoms with van der Waals surface area (Å²) in [5, 5.41) is 2.87. The lowest BCUT2D eigenvalue weighted by molar-refractivity contribution is -0.127. The summed E-state index contributed by atoms with van der Waals surface area (Å²) in [6, 6.07) is 1.43. The predicted molar refractivity (Wildman–Crippen MR) is 82.5 cm³/mol. The van der Waals surface area contributed by atoms with Gasteiger partial charge in [0, 0.05) is 32.0 Å². The zero-order chi connectivity index (χ0) is 15.9. The van der Waals surface area contributed by atoms with Gasteiger partial charge in [0.15, 0.2) is 0 Å². The first-order valence-electron chi connectivity index (χ1n) is 7.64. The highest BCUT2D eigenvalue weighted by Crippen LogP contribution is 2.16. The summed E-state index contributed by atoms with van der Waals surface area (Å²) in [6.07, 6.45) is 1.91. The molecule has 1 aromatic rings. The maximum absolute atomic E-state index is 12.3. The summed E-state index contributed by atoms with van der Waals surface area (Å²) >= 11 is 0. The molecule has 0 saturated carbocycles. The lowest BCUT2D eigenvalue weighted by Gasteiger charge is -2.31. The van der Waals surface area contributed by atoms with Crippen molar-refractivity contribution in [2.24, 2.45) is 5.92 Å². The first-order valence-corrected chi connectivity index (χ1v) is 7.64. The standard InChI is InChI=1S/C15H24N4O3/c1-11-8-14(20)18-13(17-11)9-16-15(21)12-4-3-5-19(10-12)6-7-22-2/h8,12H,3-7,9-10H2,1-2H3,(H,16,21)(H,17,18,20)/t12-/m1/s1. The van der Waals surface area contributed by atoms with Gasteiger partial charge in [-0.05, 0) is 26.3 Å². The number of carbonyl (C=O) groups excluding carboxylic acids is 1. The van der Waals surface area contributed by atoms with Gasteiger partial charge in [-0.15, -0.1) is 0 Å². The molecule has 0 bridgehead atoms. The van der Waals surface area contributed by atoms with Crippen LogP contribution in [0.2, 0.25) is 0 Å². The van der Waals surface area contributed by atoms with E-state index in [9.17, 15) is 9.59 Å². The minimum Gasteiger partial charge on any atom is -0.383 e. The third-order valence-electron chi connectivity index (χ3n) is 3.84. The molecule has 1 aliphatic heterocycles. The second kappa shape index (κ2) is 8.05. The molecule has 1 saturated heterocycles. The number of carbonyl (C=O) groups is 1. The lowest BCUT2D eigenvalue weighted by atomic mass is 9.97. The van der Waals surface area contributed by atoms with E-state index in [1.807, 2.05) is 0 Å². The van der Waals surface area contributed by atoms with Gasteiger partial charge in [-0.2, -0.15) is 0 Å². The van der Waals surface area contributed by atoms with E-state index in [1.165, 1.54) is 6.07 Å². The summed E-state index contributed by atoms with van der Waals surface area (Å²) in [5.74, 6) is 0.499. The Bertz CT molecular complexity index is 558. The van der Waals surface area contributed by atoms with Gasteiger partial charge in [0.05, 0.1) is 19.1 Å². The fourth-order valence-electron chi connectivity index (χ4n) is 2.73. The van der Waals surface area contributed by atoms with Crippen LogP contribution in [0.25, 0.3) is 0 Å². The molecular formula is C15H24N4O3. The van der Waals surface area contributed by atoms with Crippen LogP contribution in [0.4, 0.5) is 0 Å². The predicted octanol–water partition coefficient (Wildman–Crippen LogP) is 0.0529. The number of amides is 1. The van der Waals surface area contributed by atoms with E-state index in [0.29, 0.717) is 18.1 Å². The van der Waals surface area contributed by atoms with Crippen LogP contribution >= 0.6 is 0 Å². The van der Waals surface area contributed by atoms with Crippen molar-refractivity contribution in [2.45, 2.75) is 26.3 Å². The first kappa shape index (κ1) is 16.6. The molecule has 0 spiro atoms. The molecule has 1 fully saturated rings. The molecule has 0 aromatic carbocycles. The summed E-state index contributed by atoms with van der Waals surface area (Å²) in [6.45, 7) is 5.32. The summed E-state index contributed by atoms with van der Waals surface area (Å²) in [4.78, 5) is 32.7. The van der Waals surface area contributed by atoms with Gasteiger partial charge in [0.25, 0.3) is 5.56 Å². The third kappa shape index (κ3) is 4.92. The zero-order valence-electron chi connectivity index (χ0n) is 13.2. The van der Waals surface area contributed by atoms with Crippen molar-refractivity contribution < 1.29 is 9.53 Å². The maximum atomic E-state index is 12.3. The molecule has 1 atom stereocenters. The number of nitrogens with zero attached hydrogens (tertiary/aromatic N) is 2. The van der Waals surface area contributed by atoms with E-state index in [2.05, 4.69) is 20.2 Å². The van der Waals surface area contributed by atoms with Crippen molar-refractivity contribution in [1.29, 1.82) is 0 Å². The van der Waals surface area contributed by atoms with Crippen molar-refractivity contribution in [2.75, 3.05) is 33.4 Å². The Balaban J connectivity index is 1.84. The van der Waals surface area contributed by atoms with Crippen molar-refractivity contribution in [3.05, 3.63) is 27.9 Å². The van der Waals surface area contributed by atoms with Gasteiger partial charge in [0.1, 0.15) is 5.82 Å². The van der Waals surface area contributed by atoms with Gasteiger partial charge < -0.3 is 19.9 Å². The van der Waals surface area contributed by atoms with E-state index in [0.717, 1.165) is 32.5 Å². The van der Waals surface area contributed by atoms with Crippen LogP contribution in [-0.2, 0) is 16.1 Å². The molecule has 22 heavy (non-hydrogen) atoms. The number of aryl methyl sites for hydroxylation is 1. The Morgan fingerprint density at radius 1 is 1.59 bits per heavy atom. The average Bonchev–Trinajstić information content (AvgIpc) is 2.50. The van der Waals surface area contributed by atoms with E-state index in [4.69, 9.17) is 4.74 Å². The minimum absolute atomic E-state index is 0.0119. The molecule has 1 amide bonds. The molecule has 0 radical (unpaired) electrons. The van der Waals surface area contributed by atoms with E-state index in [1.54, 1.807) is 14.0 Å². The Morgan fingerprint density at radius 2 is 2.41 bits per heavy atom. The first-order chi connectivity index (χ1) is 10.6. The molecule has 7 nitrogen and oxygen atoms in total. The normalized spacial score (nSPS) is 19.1. The Labute approximate surface area is 130 Å². The van der Waals surface area contributed by atoms with E-state index in [-0.39, 0.29) is 23.9 Å². The molecule has 2 N–H and O–H groups in total. The summed E-state index contributed by atoms with van der Waals surface area (Å²) in [5.41, 5.74) is 0.455. The zero-order valence-corrected chi connectivity index (χ0v) is 13.2. The largest absolute Gasteiger partial charge is 0.383 e. The van der Waals surface area contributed by atoms with Gasteiger partial charge in [-0.25, -0.2) is 4.98 Å². The van der Waals surface area contributed by atoms with Gasteiger partial charge in [-0.1, -0.05) is 0 Å². The quantitative estimate of drug-likeness (QED) is 0.775. The van der Waals surface area contributed by atoms with Crippen LogP contribution in [0.1, 0.15) is 24.4 Å². The highest BCUT2D eigenvalue weighted by Gasteiger charge is 2.25. The lowest BCUT2D eigenvalue weighted by Crippen LogP contribution is -2.44. The second-order valence-corrected chi connectivity index (χ2v) is 5.68. The van der Waals surface area contributed by atoms with Gasteiger partial charge in [0.2, 0.25) is 5.91 Å². The minimum atomic E-state index is -0.194. The fraction of sp³-hybridized carbons (Fsp3) is 0.667. The van der Waals surface area contributed by atoms with Crippen LogP contribution in [0.3, 0.4) is 0 Å². The molecule has 1 aromatic heterocycles. The van der Waals surface area contributed by atoms with Crippen molar-refractivity contribution in [3.8, 4) is 0 Å². The topological polar surface area (TPSA) is 87.3 Å². The van der Waals surface area contributed by atoms with Crippen LogP contribution in [-0.4, -0.2) is 54.1 Å². The van der Waals surface area contributed by atoms with Crippen LogP contribution in [0, 0.1) is 12.8 Å². The van der Waals surface area contributed by atoms with Crippen LogP contribution in [0.15, 0.2) is 10.9 Å². The highest BCUT2D eigenvalue weighted by molar-refractivity contribution is 5.78. The molecular weight excluding hydrogens is 284 g/mol. The number of hydrogen-bond donors (Lipinski definition) is 2. The molecule has 2 heterocycles. The summed E-state index contributed by atoms with van der Waals surface area (Å²) in [7, 11) is 1.68. The number of aromatic nitrogens is 2. The Hall–Kier alpha value is -1.73. The van der Waals surface area contributed by atoms with E-state index >= 15 is 0 Å². The molecule has 7 heteroatoms. The number of ether oxygens (including phenoxy) is 1. The number of methoxy groups -OCH3 is 1. The number of rotatable bonds is 6. The number of nitrogens with one attached hydrogen (secondary N) is 2. The smallest absolute Gasteiger partial charge is 0.251 e. The van der Waals surface area contributed by atoms with Gasteiger partial charge in [-0.3, -0.25) is 9.59 Å². The molecule has 122 valence electrons. The maximum Gasteiger partial charge on any atom is 0.251 e. The van der Waals surface area contributed by atoms with Crippen molar-refractivity contribution in [1.82, 2.24) is 20.2 Å². The fourth-order valence-corrected chi connectivity index (χ4v) is 2.73. The third-order valence-corrected chi connectivity index (χ3v) is 3.84. The molecule has 0 aliphatic carbocycles. The highest BCUT2D eigenvalue weighted by atomic mass is 16.5. The SMILES string of the molecule is COCCN1CCC[C@@H](C(=O)NCc2nc(C)cc(=O)[nH]2)C1. The average molecular weight is 308 g/mol. The molecule has 0 unspecified atom stereocenters. The van der Waals surface area contributed by atoms with Gasteiger partial charge >= 0.3 is 0 Å². The number of likely N-dealkylation sites (tertiary alicyclic amines) is 1. The second-order valence-electron chi connectivity index (χ2n) is 5.68. The number of aromatic amines is 1. The van der Waals surface area contributed by atoms with Crippen LogP contribution < -0.4 is 10.9 Å². The number of H-pyrrole nitrogens is 1. The van der Waals surface area contributed by atoms with E-state index < -0.39 is 0 Å². The Morgan fingerprint density at radius 3 is 3.14 bits per heavy atom. The Kier molecular flexibility index (Phi) is 6.09. The van der Waals surface area contributed by atoms with Crippen molar-refractivity contribution in [3.63, 3.8) is 0 Å². The molecule has 2 rings (SSSR count). The van der Waals surface area contributed by atoms with Crippen LogP contribution in [0.5, 0.6) is 0 Å². The number of hydrogen-bond acceptors (Lipinski definition) is 5. The monoisotopic (exact) mass is 308 g/mol. The molecule has 1 aliphatic rings. The summed E-state index contributed by atoms with van der Waals surface area (Å²) < 4.78 is 5.08.